The summed E-state index contributed by atoms with van der Waals surface area (Å²) in [7, 11) is 0. The highest BCUT2D eigenvalue weighted by atomic mass is 35.5. The summed E-state index contributed by atoms with van der Waals surface area (Å²) >= 11 is 7.36. The number of hydrogen-bond donors (Lipinski definition) is 3. The number of nitrogens with one attached hydrogen (secondary N) is 3. The number of nitrogens with zero attached hydrogens (tertiary/aromatic N) is 2. The molecule has 4 rings (SSSR count). The molecule has 2 aromatic carbocycles. The van der Waals surface area contributed by atoms with Gasteiger partial charge in [0.05, 0.1) is 17.4 Å². The Morgan fingerprint density at radius 2 is 2.10 bits per heavy atom. The van der Waals surface area contributed by atoms with E-state index in [4.69, 9.17) is 11.6 Å². The van der Waals surface area contributed by atoms with Crippen LogP contribution in [-0.2, 0) is 16.0 Å². The second-order valence-corrected chi connectivity index (χ2v) is 8.41. The Hall–Kier alpha value is -2.39. The molecule has 7 nitrogen and oxygen atoms in total. The molecule has 30 heavy (non-hydrogen) atoms. The number of carbonyl (C=O) groups is 2. The number of benzene rings is 2. The molecule has 2 aromatic rings. The van der Waals surface area contributed by atoms with E-state index >= 15 is 0 Å². The number of thioether (sulfide) groups is 1. The minimum absolute atomic E-state index is 0.0761. The Morgan fingerprint density at radius 1 is 1.30 bits per heavy atom. The maximum absolute atomic E-state index is 13.1. The summed E-state index contributed by atoms with van der Waals surface area (Å²) in [5, 5.41) is 3.89. The highest BCUT2D eigenvalue weighted by Gasteiger charge is 2.42. The van der Waals surface area contributed by atoms with Gasteiger partial charge < -0.3 is 5.32 Å². The third kappa shape index (κ3) is 4.52. The smallest absolute Gasteiger partial charge is 0.241 e. The highest BCUT2D eigenvalue weighted by Crippen LogP contribution is 2.30. The zero-order valence-corrected chi connectivity index (χ0v) is 18.0. The summed E-state index contributed by atoms with van der Waals surface area (Å²) in [6.45, 7) is 2.58. The third-order valence-electron chi connectivity index (χ3n) is 4.98. The summed E-state index contributed by atoms with van der Waals surface area (Å²) in [6, 6.07) is 14.8. The van der Waals surface area contributed by atoms with Crippen LogP contribution in [0.25, 0.3) is 0 Å². The van der Waals surface area contributed by atoms with Crippen LogP contribution in [0.5, 0.6) is 0 Å². The molecule has 2 aliphatic heterocycles. The summed E-state index contributed by atoms with van der Waals surface area (Å²) in [6.07, 6.45) is 0.600. The first kappa shape index (κ1) is 20.9. The second kappa shape index (κ2) is 9.18. The maximum Gasteiger partial charge on any atom is 0.241 e. The number of hydrogen-bond acceptors (Lipinski definition) is 6. The Balaban J connectivity index is 1.49. The average Bonchev–Trinajstić information content (AvgIpc) is 3.22. The van der Waals surface area contributed by atoms with Crippen molar-refractivity contribution in [1.82, 2.24) is 10.9 Å². The number of aryl methyl sites for hydroxylation is 1. The van der Waals surface area contributed by atoms with Gasteiger partial charge in [-0.3, -0.25) is 19.9 Å². The number of fused-ring (bicyclic) bond motifs is 1. The number of amidine groups is 1. The van der Waals surface area contributed by atoms with Crippen molar-refractivity contribution >= 4 is 51.7 Å². The van der Waals surface area contributed by atoms with Gasteiger partial charge in [0.1, 0.15) is 6.17 Å². The van der Waals surface area contributed by atoms with Crippen LogP contribution in [0.15, 0.2) is 53.5 Å². The monoisotopic (exact) mass is 443 g/mol. The Labute approximate surface area is 184 Å². The molecule has 2 aliphatic rings. The molecule has 0 bridgehead atoms. The van der Waals surface area contributed by atoms with Crippen LogP contribution < -0.4 is 21.1 Å². The van der Waals surface area contributed by atoms with E-state index in [1.165, 1.54) is 17.3 Å². The van der Waals surface area contributed by atoms with Crippen molar-refractivity contribution in [3.63, 3.8) is 0 Å². The fourth-order valence-corrected chi connectivity index (χ4v) is 4.40. The molecule has 2 heterocycles. The van der Waals surface area contributed by atoms with E-state index < -0.39 is 0 Å². The van der Waals surface area contributed by atoms with E-state index in [0.29, 0.717) is 22.4 Å². The van der Waals surface area contributed by atoms with E-state index in [1.807, 2.05) is 30.3 Å². The van der Waals surface area contributed by atoms with Gasteiger partial charge >= 0.3 is 0 Å². The first-order chi connectivity index (χ1) is 14.5. The van der Waals surface area contributed by atoms with Gasteiger partial charge in [-0.2, -0.15) is 0 Å². The zero-order chi connectivity index (χ0) is 21.1. The lowest BCUT2D eigenvalue weighted by Crippen LogP contribution is -2.49. The predicted molar refractivity (Wildman–Crippen MR) is 122 cm³/mol. The fraction of sp³-hybridized carbons (Fsp3) is 0.286. The number of amides is 2. The molecule has 0 aliphatic carbocycles. The van der Waals surface area contributed by atoms with Gasteiger partial charge in [0, 0.05) is 17.3 Å². The normalized spacial score (nSPS) is 20.7. The zero-order valence-electron chi connectivity index (χ0n) is 16.4. The van der Waals surface area contributed by atoms with Crippen LogP contribution in [0, 0.1) is 5.92 Å². The molecular weight excluding hydrogens is 422 g/mol. The minimum Gasteiger partial charge on any atom is -0.325 e. The van der Waals surface area contributed by atoms with Gasteiger partial charge in [0.2, 0.25) is 11.8 Å². The van der Waals surface area contributed by atoms with Crippen LogP contribution in [0.4, 0.5) is 11.4 Å². The first-order valence-corrected chi connectivity index (χ1v) is 11.1. The van der Waals surface area contributed by atoms with Crippen molar-refractivity contribution in [2.24, 2.45) is 10.9 Å². The molecule has 156 valence electrons. The van der Waals surface area contributed by atoms with Crippen LogP contribution in [-0.4, -0.2) is 35.4 Å². The SMILES string of the molecule is CCc1ccc(NC(=O)CSC2=NC3NNCC3C(=O)N2c2cccc(Cl)c2)cc1. The van der Waals surface area contributed by atoms with Gasteiger partial charge in [0.15, 0.2) is 5.17 Å². The van der Waals surface area contributed by atoms with Crippen molar-refractivity contribution in [1.29, 1.82) is 0 Å². The number of aliphatic imine (C=N–C) groups is 1. The number of rotatable bonds is 5. The Bertz CT molecular complexity index is 982. The van der Waals surface area contributed by atoms with Gasteiger partial charge in [-0.25, -0.2) is 10.4 Å². The molecule has 2 amide bonds. The highest BCUT2D eigenvalue weighted by molar-refractivity contribution is 8.14. The average molecular weight is 444 g/mol. The lowest BCUT2D eigenvalue weighted by molar-refractivity contribution is -0.121. The van der Waals surface area contributed by atoms with Crippen LogP contribution in [0.3, 0.4) is 0 Å². The maximum atomic E-state index is 13.1. The molecule has 2 atom stereocenters. The first-order valence-electron chi connectivity index (χ1n) is 9.72. The number of hydrazine groups is 1. The molecule has 3 N–H and O–H groups in total. The van der Waals surface area contributed by atoms with Crippen molar-refractivity contribution in [2.45, 2.75) is 19.5 Å². The summed E-state index contributed by atoms with van der Waals surface area (Å²) < 4.78 is 0. The lowest BCUT2D eigenvalue weighted by Gasteiger charge is -2.32. The van der Waals surface area contributed by atoms with Gasteiger partial charge in [0.25, 0.3) is 0 Å². The van der Waals surface area contributed by atoms with Crippen LogP contribution in [0.1, 0.15) is 12.5 Å². The van der Waals surface area contributed by atoms with Crippen molar-refractivity contribution in [3.05, 3.63) is 59.1 Å². The molecule has 0 aromatic heterocycles. The van der Waals surface area contributed by atoms with E-state index in [-0.39, 0.29) is 29.7 Å². The number of carbonyl (C=O) groups excluding carboxylic acids is 2. The van der Waals surface area contributed by atoms with E-state index in [0.717, 1.165) is 12.1 Å². The second-order valence-electron chi connectivity index (χ2n) is 7.03. The summed E-state index contributed by atoms with van der Waals surface area (Å²) in [5.74, 6) is -0.416. The van der Waals surface area contributed by atoms with Gasteiger partial charge in [-0.15, -0.1) is 0 Å². The third-order valence-corrected chi connectivity index (χ3v) is 6.16. The van der Waals surface area contributed by atoms with E-state index in [2.05, 4.69) is 28.1 Å². The standard InChI is InChI=1S/C21H22ClN5O2S/c1-2-13-6-8-15(9-7-13)24-18(28)12-30-21-25-19-17(11-23-26-19)20(29)27(21)16-5-3-4-14(22)10-16/h3-10,17,19,23,26H,2,11-12H2,1H3,(H,24,28). The molecule has 0 radical (unpaired) electrons. The lowest BCUT2D eigenvalue weighted by atomic mass is 10.0. The summed E-state index contributed by atoms with van der Waals surface area (Å²) in [4.78, 5) is 31.8. The molecule has 0 spiro atoms. The Kier molecular flexibility index (Phi) is 6.38. The van der Waals surface area contributed by atoms with E-state index in [1.54, 1.807) is 23.1 Å². The predicted octanol–water partition coefficient (Wildman–Crippen LogP) is 3.03. The van der Waals surface area contributed by atoms with Gasteiger partial charge in [-0.05, 0) is 42.3 Å². The summed E-state index contributed by atoms with van der Waals surface area (Å²) in [5.41, 5.74) is 8.59. The van der Waals surface area contributed by atoms with Crippen molar-refractivity contribution in [3.8, 4) is 0 Å². The van der Waals surface area contributed by atoms with Crippen molar-refractivity contribution < 1.29 is 9.59 Å². The largest absolute Gasteiger partial charge is 0.325 e. The molecule has 0 saturated carbocycles. The molecule has 9 heteroatoms. The molecular formula is C21H22ClN5O2S. The molecule has 2 unspecified atom stereocenters. The van der Waals surface area contributed by atoms with Crippen LogP contribution in [0.2, 0.25) is 5.02 Å². The number of halogens is 1. The van der Waals surface area contributed by atoms with Crippen molar-refractivity contribution in [2.75, 3.05) is 22.5 Å². The van der Waals surface area contributed by atoms with E-state index in [9.17, 15) is 9.59 Å². The van der Waals surface area contributed by atoms with Crippen LogP contribution >= 0.6 is 23.4 Å². The topological polar surface area (TPSA) is 85.8 Å². The minimum atomic E-state index is -0.347. The van der Waals surface area contributed by atoms with Gasteiger partial charge in [-0.1, -0.05) is 48.5 Å². The molecule has 1 fully saturated rings. The quantitative estimate of drug-likeness (QED) is 0.661. The molecule has 1 saturated heterocycles. The Morgan fingerprint density at radius 3 is 2.83 bits per heavy atom. The fourth-order valence-electron chi connectivity index (χ4n) is 3.37. The number of anilines is 2.